The van der Waals surface area contributed by atoms with Gasteiger partial charge in [0.15, 0.2) is 17.0 Å². The number of benzene rings is 1. The van der Waals surface area contributed by atoms with E-state index in [9.17, 15) is 0 Å². The summed E-state index contributed by atoms with van der Waals surface area (Å²) in [6.45, 7) is 11.0. The molecule has 9 nitrogen and oxygen atoms in total. The molecular weight excluding hydrogens is 426 g/mol. The summed E-state index contributed by atoms with van der Waals surface area (Å²) >= 11 is 0. The van der Waals surface area contributed by atoms with Crippen LogP contribution in [0.2, 0.25) is 0 Å². The molecule has 0 aliphatic carbocycles. The van der Waals surface area contributed by atoms with Gasteiger partial charge in [0.25, 0.3) is 0 Å². The van der Waals surface area contributed by atoms with Crippen molar-refractivity contribution in [1.29, 1.82) is 0 Å². The van der Waals surface area contributed by atoms with Crippen LogP contribution in [0.3, 0.4) is 0 Å². The minimum Gasteiger partial charge on any atom is -0.369 e. The number of aromatic nitrogens is 4. The zero-order valence-corrected chi connectivity index (χ0v) is 20.6. The van der Waals surface area contributed by atoms with Gasteiger partial charge in [0.1, 0.15) is 0 Å². The topological polar surface area (TPSA) is 91.4 Å². The van der Waals surface area contributed by atoms with E-state index in [0.29, 0.717) is 6.54 Å². The third-order valence-electron chi connectivity index (χ3n) is 7.07. The standard InChI is InChI=1S/C25H37N9/c1-18(2)34-17-28-22-23(29-25(30-24(22)34)33-10-8-20(26)9-11-33)27-16-19-6-4-5-7-21(19)32-14-12-31(3)13-15-32/h4-7,17-18,20H,8-16,26H2,1-3H3,(H,27,29,30). The molecule has 0 saturated carbocycles. The monoisotopic (exact) mass is 463 g/mol. The fraction of sp³-hybridized carbons (Fsp3) is 0.560. The molecule has 0 spiro atoms. The summed E-state index contributed by atoms with van der Waals surface area (Å²) in [5.41, 5.74) is 10.4. The summed E-state index contributed by atoms with van der Waals surface area (Å²) in [4.78, 5) is 21.7. The number of fused-ring (bicyclic) bond motifs is 1. The third-order valence-corrected chi connectivity index (χ3v) is 7.07. The number of nitrogens with two attached hydrogens (primary N) is 1. The van der Waals surface area contributed by atoms with E-state index in [1.54, 1.807) is 0 Å². The van der Waals surface area contributed by atoms with Crippen LogP contribution in [-0.2, 0) is 6.54 Å². The second-order valence-corrected chi connectivity index (χ2v) is 9.89. The lowest BCUT2D eigenvalue weighted by Gasteiger charge is -2.35. The average Bonchev–Trinajstić information content (AvgIpc) is 3.28. The fourth-order valence-electron chi connectivity index (χ4n) is 4.84. The van der Waals surface area contributed by atoms with Gasteiger partial charge in [-0.1, -0.05) is 18.2 Å². The van der Waals surface area contributed by atoms with Crippen LogP contribution in [0.5, 0.6) is 0 Å². The minimum atomic E-state index is 0.268. The van der Waals surface area contributed by atoms with Crippen LogP contribution >= 0.6 is 0 Å². The van der Waals surface area contributed by atoms with Crippen LogP contribution in [0.4, 0.5) is 17.5 Å². The number of hydrogen-bond acceptors (Lipinski definition) is 8. The Bertz CT molecular complexity index is 1110. The maximum absolute atomic E-state index is 6.14. The highest BCUT2D eigenvalue weighted by atomic mass is 15.3. The van der Waals surface area contributed by atoms with Gasteiger partial charge in [0.2, 0.25) is 5.95 Å². The predicted octanol–water partition coefficient (Wildman–Crippen LogP) is 2.70. The highest BCUT2D eigenvalue weighted by Gasteiger charge is 2.22. The fourth-order valence-corrected chi connectivity index (χ4v) is 4.84. The second kappa shape index (κ2) is 9.76. The minimum absolute atomic E-state index is 0.268. The normalized spacial score (nSPS) is 18.3. The van der Waals surface area contributed by atoms with E-state index in [1.165, 1.54) is 11.3 Å². The second-order valence-electron chi connectivity index (χ2n) is 9.89. The molecule has 4 heterocycles. The Morgan fingerprint density at radius 1 is 1.00 bits per heavy atom. The molecule has 0 radical (unpaired) electrons. The van der Waals surface area contributed by atoms with Crippen LogP contribution in [0, 0.1) is 0 Å². The summed E-state index contributed by atoms with van der Waals surface area (Å²) in [5.74, 6) is 1.55. The lowest BCUT2D eigenvalue weighted by Crippen LogP contribution is -2.44. The van der Waals surface area contributed by atoms with Gasteiger partial charge in [-0.3, -0.25) is 0 Å². The zero-order chi connectivity index (χ0) is 23.7. The summed E-state index contributed by atoms with van der Waals surface area (Å²) in [7, 11) is 2.19. The average molecular weight is 464 g/mol. The number of hydrogen-bond donors (Lipinski definition) is 2. The molecule has 34 heavy (non-hydrogen) atoms. The van der Waals surface area contributed by atoms with E-state index >= 15 is 0 Å². The van der Waals surface area contributed by atoms with Gasteiger partial charge in [-0.15, -0.1) is 0 Å². The first-order chi connectivity index (χ1) is 16.5. The SMILES string of the molecule is CC(C)n1cnc2c(NCc3ccccc3N3CCN(C)CC3)nc(N3CCC(N)CC3)nc21. The molecule has 0 bridgehead atoms. The van der Waals surface area contributed by atoms with E-state index in [-0.39, 0.29) is 12.1 Å². The smallest absolute Gasteiger partial charge is 0.229 e. The Morgan fingerprint density at radius 2 is 1.74 bits per heavy atom. The van der Waals surface area contributed by atoms with E-state index in [0.717, 1.165) is 75.0 Å². The number of nitrogens with one attached hydrogen (secondary N) is 1. The van der Waals surface area contributed by atoms with Crippen LogP contribution in [0.25, 0.3) is 11.2 Å². The van der Waals surface area contributed by atoms with Crippen LogP contribution in [0.1, 0.15) is 38.3 Å². The van der Waals surface area contributed by atoms with Crippen molar-refractivity contribution in [2.24, 2.45) is 5.73 Å². The van der Waals surface area contributed by atoms with Gasteiger partial charge in [-0.05, 0) is 45.4 Å². The maximum atomic E-state index is 6.14. The maximum Gasteiger partial charge on any atom is 0.229 e. The van der Waals surface area contributed by atoms with Crippen LogP contribution in [0.15, 0.2) is 30.6 Å². The quantitative estimate of drug-likeness (QED) is 0.577. The van der Waals surface area contributed by atoms with Crippen LogP contribution in [-0.4, -0.2) is 76.8 Å². The summed E-state index contributed by atoms with van der Waals surface area (Å²) in [6.07, 6.45) is 3.81. The molecule has 5 rings (SSSR count). The first-order valence-electron chi connectivity index (χ1n) is 12.5. The van der Waals surface area contributed by atoms with Crippen molar-refractivity contribution in [3.63, 3.8) is 0 Å². The largest absolute Gasteiger partial charge is 0.369 e. The Balaban J connectivity index is 1.44. The molecule has 2 aliphatic heterocycles. The van der Waals surface area contributed by atoms with Crippen molar-refractivity contribution in [2.45, 2.75) is 45.3 Å². The first-order valence-corrected chi connectivity index (χ1v) is 12.5. The molecule has 2 aromatic heterocycles. The Morgan fingerprint density at radius 3 is 2.47 bits per heavy atom. The molecule has 0 atom stereocenters. The van der Waals surface area contributed by atoms with Gasteiger partial charge in [0.05, 0.1) is 6.33 Å². The Kier molecular flexibility index (Phi) is 6.56. The lowest BCUT2D eigenvalue weighted by atomic mass is 10.1. The molecule has 2 saturated heterocycles. The van der Waals surface area contributed by atoms with Crippen molar-refractivity contribution < 1.29 is 0 Å². The molecule has 3 N–H and O–H groups in total. The van der Waals surface area contributed by atoms with Gasteiger partial charge in [0, 0.05) is 63.6 Å². The van der Waals surface area contributed by atoms with Gasteiger partial charge >= 0.3 is 0 Å². The summed E-state index contributed by atoms with van der Waals surface area (Å²) in [6, 6.07) is 9.22. The van der Waals surface area contributed by atoms with E-state index in [4.69, 9.17) is 20.7 Å². The van der Waals surface area contributed by atoms with Gasteiger partial charge in [-0.25, -0.2) is 4.98 Å². The van der Waals surface area contributed by atoms with Gasteiger partial charge < -0.3 is 30.3 Å². The van der Waals surface area contributed by atoms with E-state index in [1.807, 2.05) is 6.33 Å². The lowest BCUT2D eigenvalue weighted by molar-refractivity contribution is 0.312. The molecule has 2 fully saturated rings. The highest BCUT2D eigenvalue weighted by molar-refractivity contribution is 5.84. The number of piperazine rings is 1. The predicted molar refractivity (Wildman–Crippen MR) is 139 cm³/mol. The summed E-state index contributed by atoms with van der Waals surface area (Å²) in [5, 5.41) is 3.62. The summed E-state index contributed by atoms with van der Waals surface area (Å²) < 4.78 is 2.12. The zero-order valence-electron chi connectivity index (χ0n) is 20.6. The van der Waals surface area contributed by atoms with Crippen molar-refractivity contribution in [1.82, 2.24) is 24.4 Å². The molecular formula is C25H37N9. The van der Waals surface area contributed by atoms with Crippen LogP contribution < -0.4 is 20.9 Å². The third kappa shape index (κ3) is 4.67. The molecule has 9 heteroatoms. The van der Waals surface area contributed by atoms with E-state index in [2.05, 4.69) is 69.7 Å². The molecule has 0 amide bonds. The number of rotatable bonds is 6. The molecule has 2 aliphatic rings. The first kappa shape index (κ1) is 22.9. The van der Waals surface area contributed by atoms with Gasteiger partial charge in [-0.2, -0.15) is 9.97 Å². The number of imidazole rings is 1. The van der Waals surface area contributed by atoms with Crippen molar-refractivity contribution in [3.8, 4) is 0 Å². The number of anilines is 3. The molecule has 3 aromatic rings. The van der Waals surface area contributed by atoms with Crippen molar-refractivity contribution in [3.05, 3.63) is 36.2 Å². The number of likely N-dealkylation sites (N-methyl/N-ethyl adjacent to an activating group) is 1. The van der Waals surface area contributed by atoms with Crippen molar-refractivity contribution in [2.75, 3.05) is 61.4 Å². The van der Waals surface area contributed by atoms with E-state index < -0.39 is 0 Å². The Labute approximate surface area is 202 Å². The van der Waals surface area contributed by atoms with Crippen molar-refractivity contribution >= 4 is 28.6 Å². The number of nitrogens with zero attached hydrogens (tertiary/aromatic N) is 7. The molecule has 182 valence electrons. The molecule has 1 aromatic carbocycles. The highest BCUT2D eigenvalue weighted by Crippen LogP contribution is 2.28. The number of piperidine rings is 1. The Hall–Kier alpha value is -2.91. The molecule has 0 unspecified atom stereocenters. The number of para-hydroxylation sites is 1.